The largest absolute Gasteiger partial charge is 0.454 e. The SMILES string of the molecule is Cn1ccnc1S(=O)(=O)C1CN(C(=O)c2ccc3c(c2)OCO3)C1. The van der Waals surface area contributed by atoms with Gasteiger partial charge in [-0.2, -0.15) is 0 Å². The molecule has 1 fully saturated rings. The first-order valence-electron chi connectivity index (χ1n) is 7.37. The van der Waals surface area contributed by atoms with Crippen LogP contribution in [0.1, 0.15) is 10.4 Å². The molecule has 8 nitrogen and oxygen atoms in total. The molecule has 1 saturated heterocycles. The molecule has 2 aliphatic heterocycles. The number of benzene rings is 1. The van der Waals surface area contributed by atoms with Crippen molar-refractivity contribution in [3.8, 4) is 11.5 Å². The van der Waals surface area contributed by atoms with Crippen molar-refractivity contribution in [2.75, 3.05) is 19.9 Å². The van der Waals surface area contributed by atoms with Gasteiger partial charge in [0.1, 0.15) is 5.25 Å². The van der Waals surface area contributed by atoms with E-state index >= 15 is 0 Å². The van der Waals surface area contributed by atoms with E-state index in [4.69, 9.17) is 9.47 Å². The number of carbonyl (C=O) groups excluding carboxylic acids is 1. The highest BCUT2D eigenvalue weighted by Crippen LogP contribution is 2.33. The molecule has 0 unspecified atom stereocenters. The van der Waals surface area contributed by atoms with Gasteiger partial charge in [-0.3, -0.25) is 4.79 Å². The Morgan fingerprint density at radius 1 is 1.25 bits per heavy atom. The Hall–Kier alpha value is -2.55. The van der Waals surface area contributed by atoms with E-state index in [1.54, 1.807) is 31.4 Å². The van der Waals surface area contributed by atoms with Crippen LogP contribution in [0.25, 0.3) is 0 Å². The Morgan fingerprint density at radius 2 is 2.00 bits per heavy atom. The Morgan fingerprint density at radius 3 is 2.71 bits per heavy atom. The molecule has 0 radical (unpaired) electrons. The average Bonchev–Trinajstić information content (AvgIpc) is 3.12. The van der Waals surface area contributed by atoms with Gasteiger partial charge in [-0.05, 0) is 18.2 Å². The Bertz CT molecular complexity index is 915. The zero-order chi connectivity index (χ0) is 16.9. The molecule has 0 N–H and O–H groups in total. The summed E-state index contributed by atoms with van der Waals surface area (Å²) in [7, 11) is -1.90. The lowest BCUT2D eigenvalue weighted by Crippen LogP contribution is -2.57. The number of carbonyl (C=O) groups is 1. The number of hydrogen-bond donors (Lipinski definition) is 0. The van der Waals surface area contributed by atoms with E-state index in [9.17, 15) is 13.2 Å². The Balaban J connectivity index is 1.48. The average molecular weight is 349 g/mol. The topological polar surface area (TPSA) is 90.7 Å². The first-order chi connectivity index (χ1) is 11.5. The lowest BCUT2D eigenvalue weighted by Gasteiger charge is -2.38. The summed E-state index contributed by atoms with van der Waals surface area (Å²) in [6.07, 6.45) is 3.03. The zero-order valence-corrected chi connectivity index (χ0v) is 13.7. The number of nitrogens with zero attached hydrogens (tertiary/aromatic N) is 3. The van der Waals surface area contributed by atoms with Crippen LogP contribution in [-0.2, 0) is 16.9 Å². The summed E-state index contributed by atoms with van der Waals surface area (Å²) in [5.74, 6) is 0.906. The van der Waals surface area contributed by atoms with Crippen molar-refractivity contribution in [1.29, 1.82) is 0 Å². The Labute approximate surface area is 138 Å². The molecule has 4 rings (SSSR count). The van der Waals surface area contributed by atoms with Gasteiger partial charge in [0.25, 0.3) is 5.91 Å². The monoisotopic (exact) mass is 349 g/mol. The minimum Gasteiger partial charge on any atom is -0.454 e. The van der Waals surface area contributed by atoms with Gasteiger partial charge in [0.05, 0.1) is 0 Å². The molecular formula is C15H15N3O5S. The molecule has 126 valence electrons. The highest BCUT2D eigenvalue weighted by molar-refractivity contribution is 7.92. The summed E-state index contributed by atoms with van der Waals surface area (Å²) in [5, 5.41) is -0.598. The van der Waals surface area contributed by atoms with E-state index in [2.05, 4.69) is 4.98 Å². The first-order valence-corrected chi connectivity index (χ1v) is 8.91. The maximum Gasteiger partial charge on any atom is 0.254 e. The van der Waals surface area contributed by atoms with Crippen molar-refractivity contribution in [2.24, 2.45) is 7.05 Å². The molecule has 1 aromatic heterocycles. The number of imidazole rings is 1. The van der Waals surface area contributed by atoms with Crippen molar-refractivity contribution < 1.29 is 22.7 Å². The smallest absolute Gasteiger partial charge is 0.254 e. The quantitative estimate of drug-likeness (QED) is 0.799. The summed E-state index contributed by atoms with van der Waals surface area (Å²) in [6, 6.07) is 4.94. The van der Waals surface area contributed by atoms with Crippen LogP contribution in [-0.4, -0.2) is 53.9 Å². The van der Waals surface area contributed by atoms with Crippen molar-refractivity contribution >= 4 is 15.7 Å². The summed E-state index contributed by atoms with van der Waals surface area (Å²) in [5.41, 5.74) is 0.451. The maximum absolute atomic E-state index is 12.5. The van der Waals surface area contributed by atoms with Gasteiger partial charge in [0, 0.05) is 38.1 Å². The van der Waals surface area contributed by atoms with E-state index in [-0.39, 0.29) is 30.9 Å². The van der Waals surface area contributed by atoms with Gasteiger partial charge in [-0.1, -0.05) is 0 Å². The molecule has 2 aliphatic rings. The predicted molar refractivity (Wildman–Crippen MR) is 82.7 cm³/mol. The minimum absolute atomic E-state index is 0.0303. The third-order valence-electron chi connectivity index (χ3n) is 4.23. The van der Waals surface area contributed by atoms with E-state index in [1.165, 1.54) is 15.7 Å². The van der Waals surface area contributed by atoms with Gasteiger partial charge in [-0.25, -0.2) is 13.4 Å². The maximum atomic E-state index is 12.5. The number of sulfone groups is 1. The van der Waals surface area contributed by atoms with Gasteiger partial charge >= 0.3 is 0 Å². The fraction of sp³-hybridized carbons (Fsp3) is 0.333. The number of hydrogen-bond acceptors (Lipinski definition) is 6. The van der Waals surface area contributed by atoms with Gasteiger partial charge in [0.2, 0.25) is 21.8 Å². The summed E-state index contributed by atoms with van der Waals surface area (Å²) < 4.78 is 36.9. The third kappa shape index (κ3) is 2.23. The van der Waals surface area contributed by atoms with Crippen LogP contribution >= 0.6 is 0 Å². The highest BCUT2D eigenvalue weighted by Gasteiger charge is 2.42. The van der Waals surface area contributed by atoms with Crippen molar-refractivity contribution in [3.63, 3.8) is 0 Å². The Kier molecular flexibility index (Phi) is 3.27. The highest BCUT2D eigenvalue weighted by atomic mass is 32.2. The van der Waals surface area contributed by atoms with Crippen LogP contribution in [0.4, 0.5) is 0 Å². The number of rotatable bonds is 3. The zero-order valence-electron chi connectivity index (χ0n) is 12.9. The molecule has 1 amide bonds. The molecule has 0 spiro atoms. The number of amides is 1. The number of likely N-dealkylation sites (tertiary alicyclic amines) is 1. The second kappa shape index (κ2) is 5.23. The number of aromatic nitrogens is 2. The second-order valence-corrected chi connectivity index (χ2v) is 7.89. The van der Waals surface area contributed by atoms with Gasteiger partial charge < -0.3 is 18.9 Å². The fourth-order valence-corrected chi connectivity index (χ4v) is 4.51. The van der Waals surface area contributed by atoms with Crippen molar-refractivity contribution in [3.05, 3.63) is 36.2 Å². The lowest BCUT2D eigenvalue weighted by atomic mass is 10.1. The van der Waals surface area contributed by atoms with E-state index < -0.39 is 15.1 Å². The summed E-state index contributed by atoms with van der Waals surface area (Å²) >= 11 is 0. The fourth-order valence-electron chi connectivity index (χ4n) is 2.79. The van der Waals surface area contributed by atoms with Crippen LogP contribution in [0.3, 0.4) is 0 Å². The second-order valence-electron chi connectivity index (χ2n) is 5.77. The van der Waals surface area contributed by atoms with Crippen LogP contribution in [0.2, 0.25) is 0 Å². The lowest BCUT2D eigenvalue weighted by molar-refractivity contribution is 0.0658. The van der Waals surface area contributed by atoms with Crippen LogP contribution in [0.5, 0.6) is 11.5 Å². The molecule has 24 heavy (non-hydrogen) atoms. The van der Waals surface area contributed by atoms with Gasteiger partial charge in [-0.15, -0.1) is 0 Å². The van der Waals surface area contributed by atoms with Crippen LogP contribution in [0.15, 0.2) is 35.7 Å². The van der Waals surface area contributed by atoms with Crippen LogP contribution in [0, 0.1) is 0 Å². The number of fused-ring (bicyclic) bond motifs is 1. The van der Waals surface area contributed by atoms with Crippen molar-refractivity contribution in [2.45, 2.75) is 10.4 Å². The number of ether oxygens (including phenoxy) is 2. The molecule has 0 aliphatic carbocycles. The van der Waals surface area contributed by atoms with E-state index in [0.717, 1.165) is 0 Å². The molecule has 2 aromatic rings. The van der Waals surface area contributed by atoms with E-state index in [0.29, 0.717) is 17.1 Å². The molecule has 0 atom stereocenters. The predicted octanol–water partition coefficient (Wildman–Crippen LogP) is 0.447. The van der Waals surface area contributed by atoms with Crippen LogP contribution < -0.4 is 9.47 Å². The molecule has 1 aromatic carbocycles. The standard InChI is InChI=1S/C15H15N3O5S/c1-17-5-4-16-15(17)24(20,21)11-7-18(8-11)14(19)10-2-3-12-13(6-10)23-9-22-12/h2-6,11H,7-9H2,1H3. The van der Waals surface area contributed by atoms with E-state index in [1.807, 2.05) is 0 Å². The summed E-state index contributed by atoms with van der Waals surface area (Å²) in [6.45, 7) is 0.450. The normalized spacial score (nSPS) is 17.0. The number of aryl methyl sites for hydroxylation is 1. The summed E-state index contributed by atoms with van der Waals surface area (Å²) in [4.78, 5) is 17.9. The van der Waals surface area contributed by atoms with Gasteiger partial charge in [0.15, 0.2) is 11.5 Å². The molecule has 3 heterocycles. The van der Waals surface area contributed by atoms with Crippen molar-refractivity contribution in [1.82, 2.24) is 14.5 Å². The molecular weight excluding hydrogens is 334 g/mol. The minimum atomic E-state index is -3.53. The first kappa shape index (κ1) is 15.0. The molecule has 9 heteroatoms. The molecule has 0 bridgehead atoms. The third-order valence-corrected chi connectivity index (χ3v) is 6.30. The molecule has 0 saturated carbocycles.